The minimum Gasteiger partial charge on any atom is -0.352 e. The first kappa shape index (κ1) is 10.8. The van der Waals surface area contributed by atoms with Gasteiger partial charge in [0.05, 0.1) is 17.4 Å². The number of nitrogens with zero attached hydrogens (tertiary/aromatic N) is 3. The summed E-state index contributed by atoms with van der Waals surface area (Å²) in [6.45, 7) is 1.67. The molecule has 2 heterocycles. The third kappa shape index (κ3) is 1.93. The molecule has 0 fully saturated rings. The predicted molar refractivity (Wildman–Crippen MR) is 69.6 cm³/mol. The van der Waals surface area contributed by atoms with E-state index in [-0.39, 0.29) is 0 Å². The van der Waals surface area contributed by atoms with Crippen LogP contribution in [0.2, 0.25) is 0 Å². The van der Waals surface area contributed by atoms with E-state index in [2.05, 4.69) is 15.6 Å². The summed E-state index contributed by atoms with van der Waals surface area (Å²) in [6, 6.07) is 9.89. The van der Waals surface area contributed by atoms with Crippen LogP contribution in [0.25, 0.3) is 11.0 Å². The molecule has 0 aliphatic rings. The molecule has 0 saturated heterocycles. The Labute approximate surface area is 104 Å². The van der Waals surface area contributed by atoms with E-state index < -0.39 is 0 Å². The summed E-state index contributed by atoms with van der Waals surface area (Å²) in [7, 11) is 0. The summed E-state index contributed by atoms with van der Waals surface area (Å²) < 4.78 is 4.13. The van der Waals surface area contributed by atoms with Crippen LogP contribution in [0.1, 0.15) is 10.4 Å². The zero-order chi connectivity index (χ0) is 12.4. The maximum Gasteiger partial charge on any atom is 0.151 e. The number of imidazole rings is 1. The Morgan fingerprint density at radius 1 is 1.17 bits per heavy atom. The van der Waals surface area contributed by atoms with Crippen molar-refractivity contribution in [2.45, 2.75) is 13.1 Å². The number of hydrogen-bond acceptors (Lipinski definition) is 2. The number of aromatic nitrogens is 3. The minimum atomic E-state index is 0.713. The van der Waals surface area contributed by atoms with Crippen LogP contribution >= 0.6 is 0 Å². The van der Waals surface area contributed by atoms with Gasteiger partial charge in [-0.1, -0.05) is 12.1 Å². The lowest BCUT2D eigenvalue weighted by atomic mass is 10.3. The fourth-order valence-electron chi connectivity index (χ4n) is 2.08. The van der Waals surface area contributed by atoms with Crippen molar-refractivity contribution in [2.24, 2.45) is 0 Å². The molecule has 0 saturated carbocycles. The molecule has 4 nitrogen and oxygen atoms in total. The number of fused-ring (bicyclic) bond motifs is 1. The lowest BCUT2D eigenvalue weighted by Crippen LogP contribution is -2.04. The molecule has 0 unspecified atom stereocenters. The molecule has 0 N–H and O–H groups in total. The first-order valence-electron chi connectivity index (χ1n) is 5.87. The highest BCUT2D eigenvalue weighted by Gasteiger charge is 2.01. The van der Waals surface area contributed by atoms with Gasteiger partial charge in [-0.3, -0.25) is 4.79 Å². The van der Waals surface area contributed by atoms with Crippen LogP contribution in [-0.4, -0.2) is 20.4 Å². The van der Waals surface area contributed by atoms with Gasteiger partial charge in [0.2, 0.25) is 0 Å². The molecule has 1 aromatic carbocycles. The highest BCUT2D eigenvalue weighted by atomic mass is 16.1. The second-order valence-electron chi connectivity index (χ2n) is 4.23. The van der Waals surface area contributed by atoms with Gasteiger partial charge in [0, 0.05) is 31.0 Å². The largest absolute Gasteiger partial charge is 0.352 e. The monoisotopic (exact) mass is 239 g/mol. The summed E-state index contributed by atoms with van der Waals surface area (Å²) in [5, 5.41) is 0. The van der Waals surface area contributed by atoms with E-state index in [9.17, 15) is 4.79 Å². The van der Waals surface area contributed by atoms with Gasteiger partial charge in [-0.05, 0) is 18.2 Å². The van der Waals surface area contributed by atoms with E-state index in [0.717, 1.165) is 30.4 Å². The van der Waals surface area contributed by atoms with Crippen molar-refractivity contribution in [1.29, 1.82) is 0 Å². The number of carbonyl (C=O) groups excluding carboxylic acids is 1. The van der Waals surface area contributed by atoms with Crippen LogP contribution in [0.15, 0.2) is 49.1 Å². The van der Waals surface area contributed by atoms with E-state index in [0.29, 0.717) is 5.56 Å². The second-order valence-corrected chi connectivity index (χ2v) is 4.23. The Morgan fingerprint density at radius 2 is 2.06 bits per heavy atom. The van der Waals surface area contributed by atoms with Gasteiger partial charge in [0.15, 0.2) is 6.29 Å². The molecule has 0 amide bonds. The van der Waals surface area contributed by atoms with Gasteiger partial charge in [-0.15, -0.1) is 0 Å². The molecular weight excluding hydrogens is 226 g/mol. The fourth-order valence-corrected chi connectivity index (χ4v) is 2.08. The van der Waals surface area contributed by atoms with Gasteiger partial charge < -0.3 is 9.13 Å². The quantitative estimate of drug-likeness (QED) is 0.656. The highest BCUT2D eigenvalue weighted by molar-refractivity contribution is 5.75. The zero-order valence-corrected chi connectivity index (χ0v) is 9.86. The van der Waals surface area contributed by atoms with Crippen molar-refractivity contribution in [3.8, 4) is 0 Å². The van der Waals surface area contributed by atoms with Crippen LogP contribution in [0.4, 0.5) is 0 Å². The molecule has 0 radical (unpaired) electrons. The van der Waals surface area contributed by atoms with E-state index in [1.807, 2.05) is 47.6 Å². The summed E-state index contributed by atoms with van der Waals surface area (Å²) in [6.07, 6.45) is 6.49. The van der Waals surface area contributed by atoms with Gasteiger partial charge in [-0.2, -0.15) is 0 Å². The summed E-state index contributed by atoms with van der Waals surface area (Å²) in [5.41, 5.74) is 2.87. The summed E-state index contributed by atoms with van der Waals surface area (Å²) in [5.74, 6) is 0. The van der Waals surface area contributed by atoms with E-state index >= 15 is 0 Å². The molecule has 0 aliphatic carbocycles. The van der Waals surface area contributed by atoms with Crippen LogP contribution in [0, 0.1) is 0 Å². The van der Waals surface area contributed by atoms with Crippen molar-refractivity contribution in [2.75, 3.05) is 0 Å². The number of rotatable bonds is 4. The third-order valence-corrected chi connectivity index (χ3v) is 3.04. The Hall–Kier alpha value is -2.36. The summed E-state index contributed by atoms with van der Waals surface area (Å²) in [4.78, 5) is 14.9. The molecule has 0 aliphatic heterocycles. The third-order valence-electron chi connectivity index (χ3n) is 3.04. The average molecular weight is 239 g/mol. The van der Waals surface area contributed by atoms with Crippen LogP contribution in [-0.2, 0) is 13.1 Å². The minimum absolute atomic E-state index is 0.713. The Morgan fingerprint density at radius 3 is 2.89 bits per heavy atom. The molecule has 90 valence electrons. The van der Waals surface area contributed by atoms with E-state index in [1.165, 1.54) is 0 Å². The van der Waals surface area contributed by atoms with E-state index in [4.69, 9.17) is 0 Å². The van der Waals surface area contributed by atoms with Crippen LogP contribution in [0.5, 0.6) is 0 Å². The number of benzene rings is 1. The number of para-hydroxylation sites is 2. The second kappa shape index (κ2) is 4.49. The lowest BCUT2D eigenvalue weighted by molar-refractivity contribution is 0.112. The number of hydrogen-bond donors (Lipinski definition) is 0. The molecule has 0 atom stereocenters. The van der Waals surface area contributed by atoms with Gasteiger partial charge in [0.25, 0.3) is 0 Å². The topological polar surface area (TPSA) is 39.8 Å². The fraction of sp³-hybridized carbons (Fsp3) is 0.143. The normalized spacial score (nSPS) is 10.9. The number of carbonyl (C=O) groups is 1. The van der Waals surface area contributed by atoms with Crippen molar-refractivity contribution >= 4 is 17.3 Å². The van der Waals surface area contributed by atoms with Crippen LogP contribution < -0.4 is 0 Å². The first-order valence-corrected chi connectivity index (χ1v) is 5.87. The molecular formula is C14H13N3O. The van der Waals surface area contributed by atoms with E-state index in [1.54, 1.807) is 0 Å². The Kier molecular flexibility index (Phi) is 2.68. The van der Waals surface area contributed by atoms with Crippen molar-refractivity contribution in [3.05, 3.63) is 54.6 Å². The molecule has 2 aromatic heterocycles. The van der Waals surface area contributed by atoms with Gasteiger partial charge in [0.1, 0.15) is 0 Å². The first-order chi connectivity index (χ1) is 8.86. The van der Waals surface area contributed by atoms with Gasteiger partial charge >= 0.3 is 0 Å². The van der Waals surface area contributed by atoms with Crippen LogP contribution in [0.3, 0.4) is 0 Å². The summed E-state index contributed by atoms with van der Waals surface area (Å²) >= 11 is 0. The van der Waals surface area contributed by atoms with Crippen molar-refractivity contribution in [1.82, 2.24) is 14.1 Å². The molecule has 18 heavy (non-hydrogen) atoms. The van der Waals surface area contributed by atoms with Gasteiger partial charge in [-0.25, -0.2) is 4.98 Å². The van der Waals surface area contributed by atoms with Crippen molar-refractivity contribution < 1.29 is 4.79 Å². The number of aryl methyl sites for hydroxylation is 2. The number of aldehydes is 1. The molecule has 0 spiro atoms. The Bertz CT molecular complexity index is 681. The molecule has 0 bridgehead atoms. The molecule has 3 rings (SSSR count). The maximum absolute atomic E-state index is 10.6. The highest BCUT2D eigenvalue weighted by Crippen LogP contribution is 2.11. The van der Waals surface area contributed by atoms with Crippen molar-refractivity contribution in [3.63, 3.8) is 0 Å². The standard InChI is InChI=1S/C14H13N3O/c18-10-12-5-6-16(9-12)7-8-17-11-15-13-3-1-2-4-14(13)17/h1-6,9-11H,7-8H2. The smallest absolute Gasteiger partial charge is 0.151 e. The molecule has 4 heteroatoms. The SMILES string of the molecule is O=Cc1ccn(CCn2cnc3ccccc32)c1. The molecule has 3 aromatic rings. The predicted octanol–water partition coefficient (Wildman–Crippen LogP) is 2.35. The zero-order valence-electron chi connectivity index (χ0n) is 9.86. The lowest BCUT2D eigenvalue weighted by Gasteiger charge is -2.05. The maximum atomic E-state index is 10.6. The average Bonchev–Trinajstić information content (AvgIpc) is 3.03. The Balaban J connectivity index is 1.78.